The largest absolute Gasteiger partial charge is 0.387 e. The fourth-order valence-electron chi connectivity index (χ4n) is 5.09. The van der Waals surface area contributed by atoms with Gasteiger partial charge < -0.3 is 39.5 Å². The van der Waals surface area contributed by atoms with Crippen LogP contribution >= 0.6 is 26.8 Å². The monoisotopic (exact) mass is 606 g/mol. The molecule has 1 saturated carbocycles. The second-order valence-corrected chi connectivity index (χ2v) is 14.1. The third-order valence-corrected chi connectivity index (χ3v) is 10.6. The first-order valence-corrected chi connectivity index (χ1v) is 15.8. The third kappa shape index (κ3) is 5.64. The van der Waals surface area contributed by atoms with Crippen molar-refractivity contribution in [2.75, 3.05) is 11.2 Å². The molecule has 13 nitrogen and oxygen atoms in total. The first-order valence-electron chi connectivity index (χ1n) is 11.8. The molecule has 5 atom stereocenters. The molecule has 1 spiro atoms. The number of hydrogen-bond acceptors (Lipinski definition) is 9. The summed E-state index contributed by atoms with van der Waals surface area (Å²) in [6, 6.07) is 7.41. The highest BCUT2D eigenvalue weighted by atomic mass is 35.5. The van der Waals surface area contributed by atoms with Crippen molar-refractivity contribution in [1.29, 1.82) is 0 Å². The number of ether oxygens (including phenoxy) is 1. The topological polar surface area (TPSA) is 196 Å². The smallest absolute Gasteiger partial charge is 0.340 e. The molecule has 1 unspecified atom stereocenters. The molecule has 212 valence electrons. The van der Waals surface area contributed by atoms with E-state index in [2.05, 4.69) is 15.4 Å². The van der Waals surface area contributed by atoms with Crippen molar-refractivity contribution in [2.24, 2.45) is 0 Å². The summed E-state index contributed by atoms with van der Waals surface area (Å²) in [5.41, 5.74) is -0.211. The summed E-state index contributed by atoms with van der Waals surface area (Å²) in [5.74, 6) is -1.72. The molecule has 2 aromatic heterocycles. The number of aliphatic hydroxyl groups excluding tert-OH is 2. The van der Waals surface area contributed by atoms with E-state index in [4.69, 9.17) is 30.6 Å². The van der Waals surface area contributed by atoms with Gasteiger partial charge in [-0.3, -0.25) is 9.13 Å². The Labute approximate surface area is 226 Å². The van der Waals surface area contributed by atoms with Crippen LogP contribution in [0, 0.1) is 5.82 Å². The van der Waals surface area contributed by atoms with E-state index in [0.717, 1.165) is 0 Å². The molecule has 3 aromatic rings. The van der Waals surface area contributed by atoms with Crippen LogP contribution in [0.2, 0.25) is 5.15 Å². The Morgan fingerprint density at radius 2 is 1.97 bits per heavy atom. The standard InChI is InChI=1S/C22H26ClFN4O9P2/c1-11(13-4-2-3-5-15(13)24)26-16-6-17(23)27-20-14(16)9-25-28(20)21-18(29)19(30)22(36-21)7-12(8-22)37-39(34,35)10-38(31,32)33/h2-6,9,11-12,18-19,21,29-30H,7-8,10H2,1H3,(H,26,27)(H,34,35)(H2,31,32,33)/t11-,12?,18+,19-,21+,22?/m0/s1. The van der Waals surface area contributed by atoms with Crippen LogP contribution in [-0.4, -0.2) is 69.5 Å². The Morgan fingerprint density at radius 1 is 1.28 bits per heavy atom. The number of nitrogens with one attached hydrogen (secondary N) is 1. The molecule has 0 amide bonds. The van der Waals surface area contributed by atoms with Crippen molar-refractivity contribution < 1.29 is 47.7 Å². The van der Waals surface area contributed by atoms with E-state index >= 15 is 0 Å². The summed E-state index contributed by atoms with van der Waals surface area (Å²) in [5, 5.41) is 29.6. The highest BCUT2D eigenvalue weighted by molar-refractivity contribution is 7.70. The van der Waals surface area contributed by atoms with E-state index in [-0.39, 0.29) is 29.5 Å². The lowest BCUT2D eigenvalue weighted by Crippen LogP contribution is -2.56. The van der Waals surface area contributed by atoms with Gasteiger partial charge in [0.1, 0.15) is 28.8 Å². The number of nitrogens with zero attached hydrogens (tertiary/aromatic N) is 3. The van der Waals surface area contributed by atoms with Gasteiger partial charge in [-0.05, 0) is 19.1 Å². The van der Waals surface area contributed by atoms with Gasteiger partial charge in [0.25, 0.3) is 0 Å². The SMILES string of the molecule is C[C@H](Nc1cc(Cl)nc2c1cnn2[C@@H]1OC2(CC(OP(=O)(O)CP(=O)(O)O)C2)[C@@H](O)[C@H]1O)c1ccccc1F. The average molecular weight is 607 g/mol. The van der Waals surface area contributed by atoms with Gasteiger partial charge in [0.05, 0.1) is 29.4 Å². The van der Waals surface area contributed by atoms with Gasteiger partial charge in [-0.2, -0.15) is 5.10 Å². The molecule has 5 rings (SSSR count). The minimum absolute atomic E-state index is 0.0797. The van der Waals surface area contributed by atoms with Crippen molar-refractivity contribution in [2.45, 2.75) is 55.9 Å². The first kappa shape index (κ1) is 28.6. The van der Waals surface area contributed by atoms with Crippen LogP contribution in [0.15, 0.2) is 36.5 Å². The third-order valence-electron chi connectivity index (χ3n) is 6.85. The number of aliphatic hydroxyl groups is 2. The second-order valence-electron chi connectivity index (χ2n) is 9.79. The predicted octanol–water partition coefficient (Wildman–Crippen LogP) is 2.89. The quantitative estimate of drug-likeness (QED) is 0.162. The molecule has 6 N–H and O–H groups in total. The second kappa shape index (κ2) is 10.1. The Hall–Kier alpha value is -1.96. The van der Waals surface area contributed by atoms with E-state index in [9.17, 15) is 28.6 Å². The van der Waals surface area contributed by atoms with E-state index < -0.39 is 57.3 Å². The van der Waals surface area contributed by atoms with Crippen LogP contribution in [0.3, 0.4) is 0 Å². The van der Waals surface area contributed by atoms with Crippen molar-refractivity contribution in [3.05, 3.63) is 53.1 Å². The average Bonchev–Trinajstić information content (AvgIpc) is 3.31. The zero-order valence-electron chi connectivity index (χ0n) is 20.3. The van der Waals surface area contributed by atoms with Gasteiger partial charge in [0.15, 0.2) is 17.8 Å². The fourth-order valence-corrected chi connectivity index (χ4v) is 8.03. The fraction of sp³-hybridized carbons (Fsp3) is 0.455. The molecule has 1 aliphatic heterocycles. The number of anilines is 1. The molecular weight excluding hydrogens is 581 g/mol. The number of halogens is 2. The van der Waals surface area contributed by atoms with Gasteiger partial charge in [-0.1, -0.05) is 29.8 Å². The van der Waals surface area contributed by atoms with E-state index in [0.29, 0.717) is 16.6 Å². The maximum atomic E-state index is 14.3. The van der Waals surface area contributed by atoms with Gasteiger partial charge in [-0.15, -0.1) is 0 Å². The van der Waals surface area contributed by atoms with Gasteiger partial charge >= 0.3 is 15.2 Å². The van der Waals surface area contributed by atoms with Gasteiger partial charge in [-0.25, -0.2) is 14.1 Å². The lowest BCUT2D eigenvalue weighted by atomic mass is 9.73. The molecule has 2 aliphatic rings. The summed E-state index contributed by atoms with van der Waals surface area (Å²) in [7, 11) is -9.41. The van der Waals surface area contributed by atoms with Crippen LogP contribution in [0.5, 0.6) is 0 Å². The summed E-state index contributed by atoms with van der Waals surface area (Å²) in [4.78, 5) is 32.0. The molecule has 1 saturated heterocycles. The highest BCUT2D eigenvalue weighted by Gasteiger charge is 2.62. The Balaban J connectivity index is 1.36. The number of hydrogen-bond donors (Lipinski definition) is 6. The lowest BCUT2D eigenvalue weighted by Gasteiger charge is -2.46. The molecule has 1 aliphatic carbocycles. The van der Waals surface area contributed by atoms with E-state index in [1.54, 1.807) is 31.2 Å². The number of aromatic nitrogens is 3. The van der Waals surface area contributed by atoms with Crippen molar-refractivity contribution in [3.8, 4) is 0 Å². The van der Waals surface area contributed by atoms with E-state index in [1.165, 1.54) is 16.9 Å². The summed E-state index contributed by atoms with van der Waals surface area (Å²) in [6.07, 6.45) is -3.83. The van der Waals surface area contributed by atoms with Crippen LogP contribution in [0.4, 0.5) is 10.1 Å². The maximum absolute atomic E-state index is 14.3. The van der Waals surface area contributed by atoms with Crippen molar-refractivity contribution >= 4 is 43.5 Å². The van der Waals surface area contributed by atoms with Gasteiger partial charge in [0, 0.05) is 18.4 Å². The minimum Gasteiger partial charge on any atom is -0.387 e. The number of fused-ring (bicyclic) bond motifs is 1. The first-order chi connectivity index (χ1) is 18.2. The normalized spacial score (nSPS) is 29.3. The van der Waals surface area contributed by atoms with Crippen molar-refractivity contribution in [3.63, 3.8) is 0 Å². The Morgan fingerprint density at radius 3 is 2.64 bits per heavy atom. The molecule has 0 bridgehead atoms. The molecule has 0 radical (unpaired) electrons. The number of rotatable bonds is 8. The van der Waals surface area contributed by atoms with Gasteiger partial charge in [0.2, 0.25) is 0 Å². The van der Waals surface area contributed by atoms with Crippen LogP contribution < -0.4 is 5.32 Å². The predicted molar refractivity (Wildman–Crippen MR) is 137 cm³/mol. The zero-order valence-corrected chi connectivity index (χ0v) is 22.9. The number of pyridine rings is 1. The molecule has 17 heteroatoms. The zero-order chi connectivity index (χ0) is 28.3. The lowest BCUT2D eigenvalue weighted by molar-refractivity contribution is -0.185. The molecule has 3 heterocycles. The molecule has 1 aromatic carbocycles. The van der Waals surface area contributed by atoms with Crippen molar-refractivity contribution in [1.82, 2.24) is 14.8 Å². The molecule has 39 heavy (non-hydrogen) atoms. The summed E-state index contributed by atoms with van der Waals surface area (Å²) < 4.78 is 49.7. The Kier molecular flexibility index (Phi) is 7.43. The molecular formula is C22H26ClFN4O9P2. The highest BCUT2D eigenvalue weighted by Crippen LogP contribution is 2.60. The Bertz CT molecular complexity index is 1500. The van der Waals surface area contributed by atoms with E-state index in [1.807, 2.05) is 0 Å². The minimum atomic E-state index is -4.80. The molecule has 2 fully saturated rings. The maximum Gasteiger partial charge on any atom is 0.340 e. The van der Waals surface area contributed by atoms with Crippen LogP contribution in [0.1, 0.15) is 37.6 Å². The van der Waals surface area contributed by atoms with Crippen LogP contribution in [-0.2, 0) is 18.4 Å². The summed E-state index contributed by atoms with van der Waals surface area (Å²) in [6.45, 7) is 1.77. The number of benzene rings is 1. The van der Waals surface area contributed by atoms with Crippen LogP contribution in [0.25, 0.3) is 11.0 Å². The summed E-state index contributed by atoms with van der Waals surface area (Å²) >= 11 is 6.26.